The van der Waals surface area contributed by atoms with E-state index in [4.69, 9.17) is 0 Å². The Balaban J connectivity index is 0.000000146. The monoisotopic (exact) mass is 502 g/mol. The third-order valence-electron chi connectivity index (χ3n) is 6.35. The first-order valence-corrected chi connectivity index (χ1v) is 14.6. The van der Waals surface area contributed by atoms with Crippen molar-refractivity contribution in [3.05, 3.63) is 155 Å². The van der Waals surface area contributed by atoms with Crippen LogP contribution in [0.4, 0.5) is 0 Å². The van der Waals surface area contributed by atoms with Gasteiger partial charge in [-0.2, -0.15) is 0 Å². The molecule has 2 aliphatic carbocycles. The topological polar surface area (TPSA) is 0 Å². The largest absolute Gasteiger partial charge is 0.0622 e. The summed E-state index contributed by atoms with van der Waals surface area (Å²) in [5.41, 5.74) is 8.82. The zero-order chi connectivity index (χ0) is 22.3. The van der Waals surface area contributed by atoms with E-state index < -0.39 is 23.2 Å². The van der Waals surface area contributed by atoms with Crippen molar-refractivity contribution < 1.29 is 23.2 Å². The van der Waals surface area contributed by atoms with Gasteiger partial charge in [0.05, 0.1) is 0 Å². The average Bonchev–Trinajstić information content (AvgIpc) is 3.49. The van der Waals surface area contributed by atoms with Crippen molar-refractivity contribution in [2.45, 2.75) is 20.1 Å². The van der Waals surface area contributed by atoms with Crippen LogP contribution in [0.1, 0.15) is 40.6 Å². The first-order valence-electron chi connectivity index (χ1n) is 11.7. The molecule has 6 rings (SSSR count). The van der Waals surface area contributed by atoms with Crippen LogP contribution >= 0.6 is 0 Å². The van der Waals surface area contributed by atoms with Crippen LogP contribution in [0.5, 0.6) is 0 Å². The molecule has 0 bridgehead atoms. The van der Waals surface area contributed by atoms with Gasteiger partial charge < -0.3 is 0 Å². The molecular formula is C32H28Zr. The number of allylic oxidation sites excluding steroid dienone is 2. The van der Waals surface area contributed by atoms with Crippen molar-refractivity contribution in [2.75, 3.05) is 0 Å². The van der Waals surface area contributed by atoms with Crippen LogP contribution in [-0.4, -0.2) is 0 Å². The summed E-state index contributed by atoms with van der Waals surface area (Å²) in [6.45, 7) is 0. The Kier molecular flexibility index (Phi) is 7.29. The number of rotatable bonds is 5. The Morgan fingerprint density at radius 3 is 1.30 bits per heavy atom. The summed E-state index contributed by atoms with van der Waals surface area (Å²) in [4.78, 5) is 0. The van der Waals surface area contributed by atoms with Crippen molar-refractivity contribution in [3.63, 3.8) is 0 Å². The zero-order valence-corrected chi connectivity index (χ0v) is 21.2. The summed E-state index contributed by atoms with van der Waals surface area (Å²) < 4.78 is 1.47. The summed E-state index contributed by atoms with van der Waals surface area (Å²) in [6, 6.07) is 39.0. The summed E-state index contributed by atoms with van der Waals surface area (Å²) in [6.07, 6.45) is 11.8. The molecule has 1 heteroatoms. The molecule has 2 unspecified atom stereocenters. The molecule has 0 amide bonds. The van der Waals surface area contributed by atoms with Crippen molar-refractivity contribution in [3.8, 4) is 0 Å². The summed E-state index contributed by atoms with van der Waals surface area (Å²) >= 11 is -0.542. The van der Waals surface area contributed by atoms with Gasteiger partial charge in [0.15, 0.2) is 0 Å². The molecule has 4 aromatic carbocycles. The van der Waals surface area contributed by atoms with Crippen LogP contribution in [0.25, 0.3) is 12.2 Å². The van der Waals surface area contributed by atoms with Crippen molar-refractivity contribution in [1.29, 1.82) is 0 Å². The summed E-state index contributed by atoms with van der Waals surface area (Å²) in [5, 5.41) is 0. The quantitative estimate of drug-likeness (QED) is 0.258. The van der Waals surface area contributed by atoms with Gasteiger partial charge in [0, 0.05) is 0 Å². The molecular weight excluding hydrogens is 476 g/mol. The van der Waals surface area contributed by atoms with Gasteiger partial charge in [0.2, 0.25) is 0 Å². The first kappa shape index (κ1) is 22.1. The van der Waals surface area contributed by atoms with E-state index in [-0.39, 0.29) is 0 Å². The van der Waals surface area contributed by atoms with Crippen LogP contribution in [0.2, 0.25) is 0 Å². The molecule has 0 spiro atoms. The Morgan fingerprint density at radius 2 is 0.848 bits per heavy atom. The van der Waals surface area contributed by atoms with Crippen LogP contribution in [0.3, 0.4) is 0 Å². The maximum absolute atomic E-state index is 2.44. The third kappa shape index (κ3) is 5.60. The minimum Gasteiger partial charge on any atom is -0.0622 e. The molecule has 0 radical (unpaired) electrons. The molecule has 0 aromatic heterocycles. The van der Waals surface area contributed by atoms with Crippen molar-refractivity contribution in [2.24, 2.45) is 0 Å². The molecule has 33 heavy (non-hydrogen) atoms. The zero-order valence-electron chi connectivity index (χ0n) is 18.8. The van der Waals surface area contributed by atoms with E-state index in [0.717, 1.165) is 20.1 Å². The number of aryl methyl sites for hydroxylation is 2. The SMILES string of the molecule is C1=C[CH]([Zr][CH]2C=Cc3ccccc32)c2ccccc21.c1ccc(CCc2ccccc2)cc1. The normalized spacial score (nSPS) is 17.1. The van der Waals surface area contributed by atoms with Crippen LogP contribution in [0, 0.1) is 0 Å². The van der Waals surface area contributed by atoms with Gasteiger partial charge in [-0.25, -0.2) is 0 Å². The molecule has 0 N–H and O–H groups in total. The Morgan fingerprint density at radius 1 is 0.455 bits per heavy atom. The molecule has 0 nitrogen and oxygen atoms in total. The van der Waals surface area contributed by atoms with Gasteiger partial charge in [0.1, 0.15) is 0 Å². The van der Waals surface area contributed by atoms with Gasteiger partial charge in [-0.3, -0.25) is 0 Å². The maximum atomic E-state index is 2.44. The van der Waals surface area contributed by atoms with Gasteiger partial charge in [0.25, 0.3) is 0 Å². The van der Waals surface area contributed by atoms with Crippen molar-refractivity contribution in [1.82, 2.24) is 0 Å². The second-order valence-electron chi connectivity index (χ2n) is 8.57. The molecule has 0 fully saturated rings. The molecule has 0 heterocycles. The van der Waals surface area contributed by atoms with Gasteiger partial charge in [-0.05, 0) is 24.0 Å². The number of hydrogen-bond acceptors (Lipinski definition) is 0. The maximum Gasteiger partial charge on any atom is -0.0238 e. The minimum absolute atomic E-state index is 0.542. The fraction of sp³-hybridized carbons (Fsp3) is 0.125. The van der Waals surface area contributed by atoms with Gasteiger partial charge >= 0.3 is 126 Å². The molecule has 160 valence electrons. The summed E-state index contributed by atoms with van der Waals surface area (Å²) in [5.74, 6) is 0. The average molecular weight is 504 g/mol. The minimum atomic E-state index is -0.542. The molecule has 0 saturated heterocycles. The van der Waals surface area contributed by atoms with E-state index in [1.54, 1.807) is 11.1 Å². The van der Waals surface area contributed by atoms with E-state index in [2.05, 4.69) is 133 Å². The van der Waals surface area contributed by atoms with Gasteiger partial charge in [-0.1, -0.05) is 60.7 Å². The predicted octanol–water partition coefficient (Wildman–Crippen LogP) is 8.08. The number of benzene rings is 4. The van der Waals surface area contributed by atoms with Crippen LogP contribution < -0.4 is 0 Å². The van der Waals surface area contributed by atoms with E-state index >= 15 is 0 Å². The smallest absolute Gasteiger partial charge is 0.0238 e. The third-order valence-corrected chi connectivity index (χ3v) is 10.6. The van der Waals surface area contributed by atoms with Gasteiger partial charge in [-0.15, -0.1) is 0 Å². The molecule has 2 aliphatic rings. The molecule has 0 saturated carbocycles. The van der Waals surface area contributed by atoms with Crippen molar-refractivity contribution >= 4 is 12.2 Å². The fourth-order valence-corrected chi connectivity index (χ4v) is 8.71. The second-order valence-corrected chi connectivity index (χ2v) is 12.4. The van der Waals surface area contributed by atoms with E-state index in [0.29, 0.717) is 0 Å². The van der Waals surface area contributed by atoms with E-state index in [9.17, 15) is 0 Å². The predicted molar refractivity (Wildman–Crippen MR) is 137 cm³/mol. The molecule has 2 atom stereocenters. The summed E-state index contributed by atoms with van der Waals surface area (Å²) in [7, 11) is 0. The Bertz CT molecular complexity index is 1140. The first-order chi connectivity index (χ1) is 16.4. The van der Waals surface area contributed by atoms with E-state index in [1.807, 2.05) is 0 Å². The Labute approximate surface area is 209 Å². The van der Waals surface area contributed by atoms with Crippen LogP contribution in [-0.2, 0) is 36.1 Å². The number of fused-ring (bicyclic) bond motifs is 2. The van der Waals surface area contributed by atoms with E-state index in [1.165, 1.54) is 22.3 Å². The molecule has 0 aliphatic heterocycles. The fourth-order valence-electron chi connectivity index (χ4n) is 4.56. The van der Waals surface area contributed by atoms with Crippen LogP contribution in [0.15, 0.2) is 121 Å². The molecule has 4 aromatic rings. The second kappa shape index (κ2) is 10.9. The number of hydrogen-bond donors (Lipinski definition) is 0. The standard InChI is InChI=1S/C14H14.2C9H7.Zr/c1-3-7-13(8-4-1)11-12-14-9-5-2-6-10-14;2*1-2-5-9-7-3-6-8(9)4-1;/h1-10H,11-12H2;2*1-7H;. The Hall–Kier alpha value is -2.76.